The highest BCUT2D eigenvalue weighted by molar-refractivity contribution is 7.99. The summed E-state index contributed by atoms with van der Waals surface area (Å²) >= 11 is 2.61. The molecule has 1 N–H and O–H groups in total. The van der Waals surface area contributed by atoms with Crippen molar-refractivity contribution in [3.63, 3.8) is 0 Å². The summed E-state index contributed by atoms with van der Waals surface area (Å²) in [5, 5.41) is 1.60. The lowest BCUT2D eigenvalue weighted by atomic mass is 10.3. The Balaban J connectivity index is 2.49. The molecule has 0 unspecified atom stereocenters. The molecule has 2 aromatic rings. The fraction of sp³-hybridized carbons (Fsp3) is 0.375. The minimum absolute atomic E-state index is 0.211. The molecule has 134 valence electrons. The third kappa shape index (κ3) is 4.55. The van der Waals surface area contributed by atoms with Gasteiger partial charge in [-0.1, -0.05) is 6.58 Å². The molecule has 0 radical (unpaired) electrons. The highest BCUT2D eigenvalue weighted by Gasteiger charge is 2.18. The van der Waals surface area contributed by atoms with Crippen LogP contribution in [0.1, 0.15) is 19.5 Å². The minimum Gasteiger partial charge on any atom is -0.479 e. The molecular weight excluding hydrogens is 358 g/mol. The molecule has 7 nitrogen and oxygen atoms in total. The van der Waals surface area contributed by atoms with E-state index >= 15 is 0 Å². The summed E-state index contributed by atoms with van der Waals surface area (Å²) < 4.78 is 5.40. The van der Waals surface area contributed by atoms with Gasteiger partial charge in [0.15, 0.2) is 16.0 Å². The zero-order chi connectivity index (χ0) is 18.4. The number of aromatic amines is 1. The second-order valence-corrected chi connectivity index (χ2v) is 6.62. The summed E-state index contributed by atoms with van der Waals surface area (Å²) in [5.41, 5.74) is 0.452. The van der Waals surface area contributed by atoms with Gasteiger partial charge in [-0.15, -0.1) is 11.8 Å². The van der Waals surface area contributed by atoms with Gasteiger partial charge in [0.05, 0.1) is 7.11 Å². The van der Waals surface area contributed by atoms with Crippen LogP contribution in [-0.4, -0.2) is 46.4 Å². The predicted molar refractivity (Wildman–Crippen MR) is 103 cm³/mol. The molecule has 0 saturated heterocycles. The summed E-state index contributed by atoms with van der Waals surface area (Å²) in [6.45, 7) is 9.53. The normalized spacial score (nSPS) is 10.6. The summed E-state index contributed by atoms with van der Waals surface area (Å²) in [7, 11) is 1.54. The van der Waals surface area contributed by atoms with E-state index in [4.69, 9.17) is 4.74 Å². The van der Waals surface area contributed by atoms with Crippen LogP contribution in [0, 0.1) is 0 Å². The lowest BCUT2D eigenvalue weighted by molar-refractivity contribution is 0.382. The molecule has 0 aliphatic carbocycles. The minimum atomic E-state index is -0.211. The van der Waals surface area contributed by atoms with Gasteiger partial charge in [-0.2, -0.15) is 4.98 Å². The fourth-order valence-electron chi connectivity index (χ4n) is 2.16. The average Bonchev–Trinajstić information content (AvgIpc) is 2.62. The van der Waals surface area contributed by atoms with Gasteiger partial charge >= 0.3 is 0 Å². The number of nitrogens with one attached hydrogen (secondary N) is 1. The summed E-state index contributed by atoms with van der Waals surface area (Å²) in [6, 6.07) is 1.45. The van der Waals surface area contributed by atoms with E-state index in [9.17, 15) is 4.79 Å². The Morgan fingerprint density at radius 2 is 2.04 bits per heavy atom. The number of hydrogen-bond donors (Lipinski definition) is 1. The zero-order valence-corrected chi connectivity index (χ0v) is 16.3. The second-order valence-electron chi connectivity index (χ2n) is 4.82. The van der Waals surface area contributed by atoms with Gasteiger partial charge in [0, 0.05) is 19.2 Å². The number of ether oxygens (including phenoxy) is 1. The third-order valence-corrected chi connectivity index (χ3v) is 4.86. The van der Waals surface area contributed by atoms with Crippen LogP contribution in [-0.2, 0) is 0 Å². The van der Waals surface area contributed by atoms with E-state index in [2.05, 4.69) is 45.3 Å². The molecule has 2 aromatic heterocycles. The van der Waals surface area contributed by atoms with E-state index in [0.29, 0.717) is 26.8 Å². The van der Waals surface area contributed by atoms with E-state index in [1.54, 1.807) is 13.2 Å². The van der Waals surface area contributed by atoms with Gasteiger partial charge in [0.25, 0.3) is 5.56 Å². The molecule has 25 heavy (non-hydrogen) atoms. The molecule has 0 fully saturated rings. The summed E-state index contributed by atoms with van der Waals surface area (Å²) in [4.78, 5) is 30.1. The lowest BCUT2D eigenvalue weighted by Gasteiger charge is -2.22. The number of nitrogens with zero attached hydrogens (tertiary/aromatic N) is 4. The molecule has 2 heterocycles. The van der Waals surface area contributed by atoms with E-state index in [1.807, 2.05) is 6.26 Å². The van der Waals surface area contributed by atoms with Crippen molar-refractivity contribution in [2.75, 3.05) is 31.4 Å². The maximum atomic E-state index is 11.7. The van der Waals surface area contributed by atoms with Crippen LogP contribution in [0.5, 0.6) is 5.88 Å². The van der Waals surface area contributed by atoms with Crippen LogP contribution in [0.2, 0.25) is 0 Å². The van der Waals surface area contributed by atoms with Crippen molar-refractivity contribution in [3.05, 3.63) is 28.7 Å². The molecule has 0 aliphatic rings. The molecule has 0 saturated carbocycles. The molecule has 2 rings (SSSR count). The van der Waals surface area contributed by atoms with E-state index < -0.39 is 0 Å². The third-order valence-electron chi connectivity index (χ3n) is 3.39. The van der Waals surface area contributed by atoms with E-state index in [-0.39, 0.29) is 5.56 Å². The number of anilines is 1. The number of aromatic nitrogens is 4. The Labute approximate surface area is 155 Å². The van der Waals surface area contributed by atoms with Gasteiger partial charge < -0.3 is 14.6 Å². The van der Waals surface area contributed by atoms with Gasteiger partial charge in [-0.3, -0.25) is 4.79 Å². The topological polar surface area (TPSA) is 84.0 Å². The van der Waals surface area contributed by atoms with Gasteiger partial charge in [-0.05, 0) is 37.9 Å². The molecule has 0 spiro atoms. The van der Waals surface area contributed by atoms with Crippen LogP contribution in [0.4, 0.5) is 5.82 Å². The number of hydrogen-bond acceptors (Lipinski definition) is 8. The maximum Gasteiger partial charge on any atom is 0.252 e. The van der Waals surface area contributed by atoms with Crippen LogP contribution >= 0.6 is 23.5 Å². The number of methoxy groups -OCH3 is 1. The Hall–Kier alpha value is -2.00. The maximum absolute atomic E-state index is 11.7. The Morgan fingerprint density at radius 3 is 2.60 bits per heavy atom. The molecular formula is C16H21N5O2S2. The molecule has 9 heteroatoms. The largest absolute Gasteiger partial charge is 0.479 e. The van der Waals surface area contributed by atoms with Crippen LogP contribution in [0.15, 0.2) is 32.6 Å². The molecule has 0 amide bonds. The number of rotatable bonds is 8. The molecule has 0 bridgehead atoms. The van der Waals surface area contributed by atoms with E-state index in [0.717, 1.165) is 18.9 Å². The van der Waals surface area contributed by atoms with Crippen molar-refractivity contribution in [1.82, 2.24) is 19.9 Å². The van der Waals surface area contributed by atoms with Gasteiger partial charge in [-0.25, -0.2) is 9.97 Å². The van der Waals surface area contributed by atoms with Crippen LogP contribution in [0.25, 0.3) is 6.08 Å². The quantitative estimate of drug-likeness (QED) is 0.426. The first-order valence-electron chi connectivity index (χ1n) is 7.72. The molecule has 0 aromatic carbocycles. The van der Waals surface area contributed by atoms with Crippen LogP contribution < -0.4 is 15.2 Å². The monoisotopic (exact) mass is 379 g/mol. The van der Waals surface area contributed by atoms with Crippen molar-refractivity contribution < 1.29 is 4.74 Å². The highest BCUT2D eigenvalue weighted by atomic mass is 32.2. The van der Waals surface area contributed by atoms with Crippen molar-refractivity contribution in [2.24, 2.45) is 0 Å². The van der Waals surface area contributed by atoms with Crippen molar-refractivity contribution in [1.29, 1.82) is 0 Å². The molecule has 0 atom stereocenters. The average molecular weight is 380 g/mol. The SMILES string of the molecule is C=Cc1nc(Sc2nc(SC)cc(=O)[nH]2)c(OC)nc1N(CC)CC. The smallest absolute Gasteiger partial charge is 0.252 e. The number of H-pyrrole nitrogens is 1. The van der Waals surface area contributed by atoms with E-state index in [1.165, 1.54) is 29.6 Å². The zero-order valence-electron chi connectivity index (χ0n) is 14.7. The molecule has 0 aliphatic heterocycles. The Morgan fingerprint density at radius 1 is 1.32 bits per heavy atom. The van der Waals surface area contributed by atoms with Crippen molar-refractivity contribution in [2.45, 2.75) is 29.1 Å². The predicted octanol–water partition coefficient (Wildman–Crippen LogP) is 2.93. The second kappa shape index (κ2) is 8.91. The van der Waals surface area contributed by atoms with Gasteiger partial charge in [0.2, 0.25) is 5.88 Å². The standard InChI is InChI=1S/C16H21N5O2S2/c1-6-10-13(21(7-2)8-3)20-14(23-4)15(17-10)25-16-18-11(22)9-12(19-16)24-5/h6,9H,1,7-8H2,2-5H3,(H,18,19,22). The first kappa shape index (κ1) is 19.3. The Kier molecular flexibility index (Phi) is 6.89. The summed E-state index contributed by atoms with van der Waals surface area (Å²) in [6.07, 6.45) is 3.53. The van der Waals surface area contributed by atoms with Crippen molar-refractivity contribution >= 4 is 35.4 Å². The first-order chi connectivity index (χ1) is 12.1. The Bertz CT molecular complexity index is 806. The lowest BCUT2D eigenvalue weighted by Crippen LogP contribution is -2.24. The highest BCUT2D eigenvalue weighted by Crippen LogP contribution is 2.33. The van der Waals surface area contributed by atoms with Crippen LogP contribution in [0.3, 0.4) is 0 Å². The number of thioether (sulfide) groups is 1. The van der Waals surface area contributed by atoms with Gasteiger partial charge in [0.1, 0.15) is 10.7 Å². The summed E-state index contributed by atoms with van der Waals surface area (Å²) in [5.74, 6) is 1.11. The van der Waals surface area contributed by atoms with Crippen molar-refractivity contribution in [3.8, 4) is 5.88 Å². The fourth-order valence-corrected chi connectivity index (χ4v) is 3.46. The first-order valence-corrected chi connectivity index (χ1v) is 9.76.